The van der Waals surface area contributed by atoms with Crippen molar-refractivity contribution >= 4 is 6.16 Å². The number of rotatable bonds is 1. The Labute approximate surface area is 75.1 Å². The average Bonchev–Trinajstić information content (AvgIpc) is 2.09. The summed E-state index contributed by atoms with van der Waals surface area (Å²) in [6, 6.07) is 4.29. The molecule has 0 spiro atoms. The summed E-state index contributed by atoms with van der Waals surface area (Å²) in [4.78, 5) is 10.6. The molecule has 0 atom stereocenters. The molecule has 0 amide bonds. The lowest BCUT2D eigenvalue weighted by Crippen LogP contribution is -2.08. The summed E-state index contributed by atoms with van der Waals surface area (Å²) < 4.78 is 21.7. The van der Waals surface area contributed by atoms with Crippen molar-refractivity contribution in [2.45, 2.75) is 6.92 Å². The molecule has 70 valence electrons. The number of benzene rings is 1. The molecule has 0 heterocycles. The quantitative estimate of drug-likeness (QED) is 0.496. The molecule has 0 radical (unpaired) electrons. The minimum absolute atomic E-state index is 0.127. The number of carbonyl (C=O) groups is 1. The van der Waals surface area contributed by atoms with E-state index in [1.807, 2.05) is 0 Å². The van der Waals surface area contributed by atoms with E-state index in [1.54, 1.807) is 13.0 Å². The highest BCUT2D eigenvalue weighted by atomic mass is 19.1. The predicted molar refractivity (Wildman–Crippen MR) is 44.2 cm³/mol. The largest absolute Gasteiger partial charge is 0.513 e. The molecule has 0 aliphatic heterocycles. The molecule has 0 aliphatic carbocycles. The van der Waals surface area contributed by atoms with Crippen molar-refractivity contribution in [3.8, 4) is 5.75 Å². The maximum Gasteiger partial charge on any atom is 0.513 e. The molecule has 1 aromatic rings. The second-order valence-electron chi connectivity index (χ2n) is 2.49. The van der Waals surface area contributed by atoms with Gasteiger partial charge in [-0.2, -0.15) is 0 Å². The number of methoxy groups -OCH3 is 1. The van der Waals surface area contributed by atoms with Gasteiger partial charge in [0.1, 0.15) is 0 Å². The molecule has 13 heavy (non-hydrogen) atoms. The van der Waals surface area contributed by atoms with Gasteiger partial charge in [-0.05, 0) is 24.6 Å². The van der Waals surface area contributed by atoms with E-state index in [0.717, 1.165) is 12.7 Å². The van der Waals surface area contributed by atoms with Crippen molar-refractivity contribution < 1.29 is 18.7 Å². The molecule has 0 unspecified atom stereocenters. The van der Waals surface area contributed by atoms with Crippen LogP contribution in [0.25, 0.3) is 0 Å². The lowest BCUT2D eigenvalue weighted by molar-refractivity contribution is 0.119. The van der Waals surface area contributed by atoms with E-state index in [-0.39, 0.29) is 5.75 Å². The molecule has 0 aliphatic rings. The zero-order valence-electron chi connectivity index (χ0n) is 7.33. The van der Waals surface area contributed by atoms with Gasteiger partial charge >= 0.3 is 6.16 Å². The fraction of sp³-hybridized carbons (Fsp3) is 0.222. The average molecular weight is 184 g/mol. The van der Waals surface area contributed by atoms with Crippen LogP contribution >= 0.6 is 0 Å². The van der Waals surface area contributed by atoms with Crippen LogP contribution in [-0.2, 0) is 4.74 Å². The second kappa shape index (κ2) is 3.89. The lowest BCUT2D eigenvalue weighted by atomic mass is 10.2. The highest BCUT2D eigenvalue weighted by Crippen LogP contribution is 2.18. The Morgan fingerprint density at radius 1 is 1.46 bits per heavy atom. The third-order valence-corrected chi connectivity index (χ3v) is 1.45. The van der Waals surface area contributed by atoms with Crippen molar-refractivity contribution in [2.24, 2.45) is 0 Å². The summed E-state index contributed by atoms with van der Waals surface area (Å²) in [7, 11) is 1.16. The zero-order valence-corrected chi connectivity index (χ0v) is 7.33. The van der Waals surface area contributed by atoms with Gasteiger partial charge in [0.15, 0.2) is 11.6 Å². The maximum atomic E-state index is 13.0. The van der Waals surface area contributed by atoms with Crippen LogP contribution in [0.15, 0.2) is 18.2 Å². The van der Waals surface area contributed by atoms with Gasteiger partial charge in [0.2, 0.25) is 0 Å². The minimum Gasteiger partial charge on any atom is -0.437 e. The van der Waals surface area contributed by atoms with Crippen LogP contribution in [-0.4, -0.2) is 13.3 Å². The third-order valence-electron chi connectivity index (χ3n) is 1.45. The standard InChI is InChI=1S/C9H9FO3/c1-6-3-4-8(7(10)5-6)13-9(11)12-2/h3-5H,1-2H3. The van der Waals surface area contributed by atoms with Crippen molar-refractivity contribution in [3.05, 3.63) is 29.6 Å². The summed E-state index contributed by atoms with van der Waals surface area (Å²) in [6.07, 6.45) is -0.928. The number of hydrogen-bond acceptors (Lipinski definition) is 3. The Balaban J connectivity index is 2.83. The Morgan fingerprint density at radius 2 is 2.15 bits per heavy atom. The second-order valence-corrected chi connectivity index (χ2v) is 2.49. The van der Waals surface area contributed by atoms with Gasteiger partial charge in [0, 0.05) is 0 Å². The van der Waals surface area contributed by atoms with Gasteiger partial charge in [-0.15, -0.1) is 0 Å². The van der Waals surface area contributed by atoms with E-state index >= 15 is 0 Å². The Kier molecular flexibility index (Phi) is 2.84. The van der Waals surface area contributed by atoms with Crippen LogP contribution in [0.5, 0.6) is 5.75 Å². The van der Waals surface area contributed by atoms with E-state index in [2.05, 4.69) is 9.47 Å². The first-order chi connectivity index (χ1) is 6.13. The molecule has 3 nitrogen and oxygen atoms in total. The fourth-order valence-corrected chi connectivity index (χ4v) is 0.820. The summed E-state index contributed by atoms with van der Waals surface area (Å²) in [5, 5.41) is 0. The summed E-state index contributed by atoms with van der Waals surface area (Å²) >= 11 is 0. The van der Waals surface area contributed by atoms with E-state index in [0.29, 0.717) is 0 Å². The molecule has 0 N–H and O–H groups in total. The molecule has 1 rings (SSSR count). The Bertz CT molecular complexity index is 323. The van der Waals surface area contributed by atoms with E-state index in [4.69, 9.17) is 0 Å². The van der Waals surface area contributed by atoms with Gasteiger partial charge in [-0.25, -0.2) is 9.18 Å². The van der Waals surface area contributed by atoms with Crippen molar-refractivity contribution in [2.75, 3.05) is 7.11 Å². The predicted octanol–water partition coefficient (Wildman–Crippen LogP) is 2.28. The van der Waals surface area contributed by atoms with Crippen molar-refractivity contribution in [1.29, 1.82) is 0 Å². The minimum atomic E-state index is -0.928. The molecule has 0 bridgehead atoms. The monoisotopic (exact) mass is 184 g/mol. The van der Waals surface area contributed by atoms with E-state index < -0.39 is 12.0 Å². The van der Waals surface area contributed by atoms with Gasteiger partial charge < -0.3 is 9.47 Å². The first-order valence-electron chi connectivity index (χ1n) is 3.65. The molecule has 0 saturated heterocycles. The maximum absolute atomic E-state index is 13.0. The summed E-state index contributed by atoms with van der Waals surface area (Å²) in [5.41, 5.74) is 0.759. The van der Waals surface area contributed by atoms with Crippen LogP contribution in [0, 0.1) is 12.7 Å². The lowest BCUT2D eigenvalue weighted by Gasteiger charge is -2.03. The topological polar surface area (TPSA) is 35.5 Å². The van der Waals surface area contributed by atoms with E-state index in [1.165, 1.54) is 12.1 Å². The highest BCUT2D eigenvalue weighted by molar-refractivity contribution is 5.63. The molecule has 0 saturated carbocycles. The first-order valence-corrected chi connectivity index (χ1v) is 3.65. The van der Waals surface area contributed by atoms with Gasteiger partial charge in [-0.1, -0.05) is 6.07 Å². The van der Waals surface area contributed by atoms with Crippen molar-refractivity contribution in [3.63, 3.8) is 0 Å². The van der Waals surface area contributed by atoms with Crippen LogP contribution in [0.4, 0.5) is 9.18 Å². The number of halogens is 1. The molecular formula is C9H9FO3. The third kappa shape index (κ3) is 2.43. The number of carbonyl (C=O) groups excluding carboxylic acids is 1. The van der Waals surface area contributed by atoms with Gasteiger partial charge in [0.25, 0.3) is 0 Å². The normalized spacial score (nSPS) is 9.46. The van der Waals surface area contributed by atoms with Crippen LogP contribution in [0.1, 0.15) is 5.56 Å². The number of hydrogen-bond donors (Lipinski definition) is 0. The Morgan fingerprint density at radius 3 is 2.69 bits per heavy atom. The van der Waals surface area contributed by atoms with Crippen molar-refractivity contribution in [1.82, 2.24) is 0 Å². The molecule has 0 fully saturated rings. The summed E-state index contributed by atoms with van der Waals surface area (Å²) in [6.45, 7) is 1.74. The molecule has 1 aromatic carbocycles. The first kappa shape index (κ1) is 9.51. The fourth-order valence-electron chi connectivity index (χ4n) is 0.820. The molecular weight excluding hydrogens is 175 g/mol. The summed E-state index contributed by atoms with van der Waals surface area (Å²) in [5.74, 6) is -0.706. The van der Waals surface area contributed by atoms with Crippen LogP contribution in [0.2, 0.25) is 0 Å². The van der Waals surface area contributed by atoms with Crippen LogP contribution < -0.4 is 4.74 Å². The molecule has 0 aromatic heterocycles. The van der Waals surface area contributed by atoms with E-state index in [9.17, 15) is 9.18 Å². The zero-order chi connectivity index (χ0) is 9.84. The highest BCUT2D eigenvalue weighted by Gasteiger charge is 2.08. The number of aryl methyl sites for hydroxylation is 1. The molecule has 4 heteroatoms. The Hall–Kier alpha value is -1.58. The smallest absolute Gasteiger partial charge is 0.437 e. The van der Waals surface area contributed by atoms with Crippen LogP contribution in [0.3, 0.4) is 0 Å². The SMILES string of the molecule is COC(=O)Oc1ccc(C)cc1F. The number of ether oxygens (including phenoxy) is 2. The van der Waals surface area contributed by atoms with Gasteiger partial charge in [0.05, 0.1) is 7.11 Å². The van der Waals surface area contributed by atoms with Gasteiger partial charge in [-0.3, -0.25) is 0 Å².